The molecule has 21 heavy (non-hydrogen) atoms. The molecule has 0 aliphatic carbocycles. The fourth-order valence-corrected chi connectivity index (χ4v) is 2.84. The Hall–Kier alpha value is -1.44. The van der Waals surface area contributed by atoms with Gasteiger partial charge in [0.2, 0.25) is 0 Å². The maximum atomic E-state index is 12.5. The fraction of sp³-hybridized carbons (Fsp3) is 0.357. The lowest BCUT2D eigenvalue weighted by Gasteiger charge is -2.06. The molecule has 0 saturated carbocycles. The molecule has 1 aromatic heterocycles. The Bertz CT molecular complexity index is 570. The fourth-order valence-electron chi connectivity index (χ4n) is 1.80. The van der Waals surface area contributed by atoms with Crippen LogP contribution in [-0.4, -0.2) is 19.2 Å². The molecule has 0 aliphatic rings. The van der Waals surface area contributed by atoms with Crippen molar-refractivity contribution in [2.45, 2.75) is 19.4 Å². The van der Waals surface area contributed by atoms with Crippen LogP contribution in [0.15, 0.2) is 24.3 Å². The number of rotatable bonds is 5. The highest BCUT2D eigenvalue weighted by Crippen LogP contribution is 2.33. The van der Waals surface area contributed by atoms with Gasteiger partial charge >= 0.3 is 6.18 Å². The van der Waals surface area contributed by atoms with Gasteiger partial charge in [0, 0.05) is 19.8 Å². The molecule has 1 heterocycles. The van der Waals surface area contributed by atoms with Crippen LogP contribution in [0.25, 0.3) is 10.6 Å². The van der Waals surface area contributed by atoms with Crippen LogP contribution in [0, 0.1) is 0 Å². The first-order valence-corrected chi connectivity index (χ1v) is 6.91. The van der Waals surface area contributed by atoms with Gasteiger partial charge in [-0.05, 0) is 12.1 Å². The van der Waals surface area contributed by atoms with Crippen LogP contribution in [0.4, 0.5) is 13.2 Å². The molecule has 0 aliphatic heterocycles. The van der Waals surface area contributed by atoms with Gasteiger partial charge in [0.25, 0.3) is 0 Å². The Morgan fingerprint density at radius 3 is 2.19 bits per heavy atom. The minimum absolute atomic E-state index is 0.343. The highest BCUT2D eigenvalue weighted by molar-refractivity contribution is 7.15. The lowest BCUT2D eigenvalue weighted by Crippen LogP contribution is -2.03. The average molecular weight is 317 g/mol. The zero-order valence-electron chi connectivity index (χ0n) is 11.5. The van der Waals surface area contributed by atoms with E-state index in [0.717, 1.165) is 22.7 Å². The van der Waals surface area contributed by atoms with Gasteiger partial charge < -0.3 is 9.47 Å². The first-order chi connectivity index (χ1) is 9.95. The largest absolute Gasteiger partial charge is 0.416 e. The molecule has 0 fully saturated rings. The highest BCUT2D eigenvalue weighted by Gasteiger charge is 2.30. The second kappa shape index (κ2) is 6.55. The number of hydrogen-bond acceptors (Lipinski definition) is 4. The van der Waals surface area contributed by atoms with Crippen LogP contribution < -0.4 is 0 Å². The Balaban J connectivity index is 2.31. The molecule has 1 aromatic carbocycles. The summed E-state index contributed by atoms with van der Waals surface area (Å²) < 4.78 is 47.8. The highest BCUT2D eigenvalue weighted by atomic mass is 32.1. The standard InChI is InChI=1S/C14H14F3NO2S/c1-19-7-11-12(8-20-2)21-13(18-11)9-3-5-10(6-4-9)14(15,16)17/h3-6H,7-8H2,1-2H3. The topological polar surface area (TPSA) is 31.4 Å². The van der Waals surface area contributed by atoms with Crippen LogP contribution in [0.3, 0.4) is 0 Å². The van der Waals surface area contributed by atoms with Gasteiger partial charge in [-0.15, -0.1) is 11.3 Å². The van der Waals surface area contributed by atoms with E-state index < -0.39 is 11.7 Å². The van der Waals surface area contributed by atoms with Gasteiger partial charge in [0.1, 0.15) is 5.01 Å². The number of methoxy groups -OCH3 is 2. The summed E-state index contributed by atoms with van der Waals surface area (Å²) in [5.41, 5.74) is 0.726. The molecule has 0 spiro atoms. The molecule has 0 N–H and O–H groups in total. The van der Waals surface area contributed by atoms with Gasteiger partial charge in [-0.3, -0.25) is 0 Å². The van der Waals surface area contributed by atoms with E-state index in [9.17, 15) is 13.2 Å². The van der Waals surface area contributed by atoms with Gasteiger partial charge in [-0.2, -0.15) is 13.2 Å². The maximum Gasteiger partial charge on any atom is 0.416 e. The summed E-state index contributed by atoms with van der Waals surface area (Å²) in [6, 6.07) is 4.97. The van der Waals surface area contributed by atoms with Crippen LogP contribution in [0.5, 0.6) is 0 Å². The van der Waals surface area contributed by atoms with E-state index in [1.165, 1.54) is 23.5 Å². The summed E-state index contributed by atoms with van der Waals surface area (Å²) in [5, 5.41) is 0.655. The van der Waals surface area contributed by atoms with Crippen LogP contribution in [0.1, 0.15) is 16.1 Å². The minimum Gasteiger partial charge on any atom is -0.379 e. The molecule has 0 radical (unpaired) electrons. The first-order valence-electron chi connectivity index (χ1n) is 6.09. The van der Waals surface area contributed by atoms with Crippen molar-refractivity contribution in [3.63, 3.8) is 0 Å². The molecular weight excluding hydrogens is 303 g/mol. The van der Waals surface area contributed by atoms with E-state index in [-0.39, 0.29) is 0 Å². The zero-order valence-corrected chi connectivity index (χ0v) is 12.3. The van der Waals surface area contributed by atoms with Crippen molar-refractivity contribution in [1.29, 1.82) is 0 Å². The average Bonchev–Trinajstić information content (AvgIpc) is 2.82. The second-order valence-corrected chi connectivity index (χ2v) is 5.41. The van der Waals surface area contributed by atoms with E-state index in [0.29, 0.717) is 23.8 Å². The summed E-state index contributed by atoms with van der Waals surface area (Å²) in [4.78, 5) is 5.32. The first kappa shape index (κ1) is 15.9. The van der Waals surface area contributed by atoms with Crippen molar-refractivity contribution in [2.24, 2.45) is 0 Å². The molecule has 0 bridgehead atoms. The van der Waals surface area contributed by atoms with Crippen molar-refractivity contribution in [3.8, 4) is 10.6 Å². The molecule has 2 rings (SSSR count). The van der Waals surface area contributed by atoms with Crippen LogP contribution in [-0.2, 0) is 28.9 Å². The van der Waals surface area contributed by atoms with Crippen LogP contribution in [0.2, 0.25) is 0 Å². The molecular formula is C14H14F3NO2S. The number of alkyl halides is 3. The Morgan fingerprint density at radius 2 is 1.67 bits per heavy atom. The predicted molar refractivity (Wildman–Crippen MR) is 74.0 cm³/mol. The Morgan fingerprint density at radius 1 is 1.05 bits per heavy atom. The van der Waals surface area contributed by atoms with Crippen molar-refractivity contribution < 1.29 is 22.6 Å². The van der Waals surface area contributed by atoms with E-state index in [2.05, 4.69) is 4.98 Å². The van der Waals surface area contributed by atoms with Crippen molar-refractivity contribution in [1.82, 2.24) is 4.98 Å². The van der Waals surface area contributed by atoms with Gasteiger partial charge in [0.05, 0.1) is 29.3 Å². The zero-order chi connectivity index (χ0) is 15.5. The molecule has 114 valence electrons. The third kappa shape index (κ3) is 3.81. The number of hydrogen-bond donors (Lipinski definition) is 0. The summed E-state index contributed by atoms with van der Waals surface area (Å²) in [5.74, 6) is 0. The maximum absolute atomic E-state index is 12.5. The molecule has 2 aromatic rings. The summed E-state index contributed by atoms with van der Waals surface area (Å²) in [6.45, 7) is 0.743. The summed E-state index contributed by atoms with van der Waals surface area (Å²) in [7, 11) is 3.14. The van der Waals surface area contributed by atoms with E-state index >= 15 is 0 Å². The molecule has 7 heteroatoms. The lowest BCUT2D eigenvalue weighted by atomic mass is 10.1. The van der Waals surface area contributed by atoms with Crippen LogP contribution >= 0.6 is 11.3 Å². The van der Waals surface area contributed by atoms with E-state index in [1.807, 2.05) is 0 Å². The minimum atomic E-state index is -4.33. The third-order valence-electron chi connectivity index (χ3n) is 2.79. The van der Waals surface area contributed by atoms with Crippen molar-refractivity contribution >= 4 is 11.3 Å². The quantitative estimate of drug-likeness (QED) is 0.831. The van der Waals surface area contributed by atoms with Gasteiger partial charge in [-0.1, -0.05) is 12.1 Å². The molecule has 0 amide bonds. The molecule has 0 saturated heterocycles. The molecule has 0 unspecified atom stereocenters. The van der Waals surface area contributed by atoms with Crippen molar-refractivity contribution in [3.05, 3.63) is 40.4 Å². The smallest absolute Gasteiger partial charge is 0.379 e. The lowest BCUT2D eigenvalue weighted by molar-refractivity contribution is -0.137. The van der Waals surface area contributed by atoms with Gasteiger partial charge in [-0.25, -0.2) is 4.98 Å². The Labute approximate surface area is 124 Å². The van der Waals surface area contributed by atoms with E-state index in [4.69, 9.17) is 9.47 Å². The van der Waals surface area contributed by atoms with Crippen molar-refractivity contribution in [2.75, 3.05) is 14.2 Å². The number of ether oxygens (including phenoxy) is 2. The number of aromatic nitrogens is 1. The van der Waals surface area contributed by atoms with E-state index in [1.54, 1.807) is 14.2 Å². The SMILES string of the molecule is COCc1nc(-c2ccc(C(F)(F)F)cc2)sc1COC. The van der Waals surface area contributed by atoms with Gasteiger partial charge in [0.15, 0.2) is 0 Å². The number of halogens is 3. The summed E-state index contributed by atoms with van der Waals surface area (Å²) in [6.07, 6.45) is -4.33. The number of nitrogens with zero attached hydrogens (tertiary/aromatic N) is 1. The Kier molecular flexibility index (Phi) is 4.97. The normalized spacial score (nSPS) is 11.9. The number of thiazole rings is 1. The predicted octanol–water partition coefficient (Wildman–Crippen LogP) is 4.12. The number of benzene rings is 1. The molecule has 3 nitrogen and oxygen atoms in total. The monoisotopic (exact) mass is 317 g/mol. The summed E-state index contributed by atoms with van der Waals surface area (Å²) >= 11 is 1.39. The molecule has 0 atom stereocenters. The third-order valence-corrected chi connectivity index (χ3v) is 3.91. The second-order valence-electron chi connectivity index (χ2n) is 4.33.